The molecule has 0 fully saturated rings. The minimum Gasteiger partial charge on any atom is -0.384 e. The number of benzene rings is 1. The average Bonchev–Trinajstić information content (AvgIpc) is 2.85. The van der Waals surface area contributed by atoms with E-state index >= 15 is 0 Å². The summed E-state index contributed by atoms with van der Waals surface area (Å²) in [7, 11) is 1.95. The molecule has 1 aromatic heterocycles. The highest BCUT2D eigenvalue weighted by Crippen LogP contribution is 2.33. The fraction of sp³-hybridized carbons (Fsp3) is 0.250. The van der Waals surface area contributed by atoms with E-state index in [4.69, 9.17) is 0 Å². The van der Waals surface area contributed by atoms with Crippen molar-refractivity contribution in [3.05, 3.63) is 33.7 Å². The fourth-order valence-corrected chi connectivity index (χ4v) is 2.99. The standard InChI is InChI=1S/C12H12IN3/c1-16-7-10(6-15-16)9-4-8-2-3-14-12(8)11(13)5-9/h4-7,14H,2-3H2,1H3. The van der Waals surface area contributed by atoms with Crippen molar-refractivity contribution in [2.75, 3.05) is 11.9 Å². The molecule has 1 aliphatic heterocycles. The Morgan fingerprint density at radius 1 is 1.38 bits per heavy atom. The molecule has 0 unspecified atom stereocenters. The highest BCUT2D eigenvalue weighted by atomic mass is 127. The van der Waals surface area contributed by atoms with Gasteiger partial charge in [0, 0.05) is 28.9 Å². The van der Waals surface area contributed by atoms with Gasteiger partial charge in [-0.15, -0.1) is 0 Å². The van der Waals surface area contributed by atoms with Crippen molar-refractivity contribution in [1.29, 1.82) is 0 Å². The Hall–Kier alpha value is -1.04. The Bertz CT molecular complexity index is 545. The molecular weight excluding hydrogens is 313 g/mol. The summed E-state index contributed by atoms with van der Waals surface area (Å²) in [6, 6.07) is 4.49. The number of rotatable bonds is 1. The van der Waals surface area contributed by atoms with Crippen LogP contribution in [0.2, 0.25) is 0 Å². The lowest BCUT2D eigenvalue weighted by Gasteiger charge is -2.06. The maximum atomic E-state index is 4.21. The summed E-state index contributed by atoms with van der Waals surface area (Å²) in [6.07, 6.45) is 5.10. The van der Waals surface area contributed by atoms with E-state index in [1.807, 2.05) is 17.9 Å². The first-order chi connectivity index (χ1) is 7.74. The first-order valence-electron chi connectivity index (χ1n) is 5.29. The summed E-state index contributed by atoms with van der Waals surface area (Å²) in [6.45, 7) is 1.06. The van der Waals surface area contributed by atoms with Crippen molar-refractivity contribution >= 4 is 28.3 Å². The predicted molar refractivity (Wildman–Crippen MR) is 73.6 cm³/mol. The summed E-state index contributed by atoms with van der Waals surface area (Å²) in [4.78, 5) is 0. The smallest absolute Gasteiger partial charge is 0.0568 e. The summed E-state index contributed by atoms with van der Waals surface area (Å²) in [5.74, 6) is 0. The lowest BCUT2D eigenvalue weighted by Crippen LogP contribution is -1.92. The van der Waals surface area contributed by atoms with Gasteiger partial charge < -0.3 is 5.32 Å². The van der Waals surface area contributed by atoms with Gasteiger partial charge in [0.1, 0.15) is 0 Å². The molecule has 82 valence electrons. The third kappa shape index (κ3) is 1.61. The van der Waals surface area contributed by atoms with Crippen molar-refractivity contribution in [3.63, 3.8) is 0 Å². The molecular formula is C12H12IN3. The molecule has 0 aliphatic carbocycles. The van der Waals surface area contributed by atoms with Crippen LogP contribution in [0.25, 0.3) is 11.1 Å². The van der Waals surface area contributed by atoms with E-state index in [9.17, 15) is 0 Å². The van der Waals surface area contributed by atoms with Crippen LogP contribution >= 0.6 is 22.6 Å². The van der Waals surface area contributed by atoms with Crippen LogP contribution in [-0.4, -0.2) is 16.3 Å². The summed E-state index contributed by atoms with van der Waals surface area (Å²) in [5, 5.41) is 7.64. The maximum absolute atomic E-state index is 4.21. The van der Waals surface area contributed by atoms with Crippen molar-refractivity contribution < 1.29 is 0 Å². The molecule has 1 N–H and O–H groups in total. The summed E-state index contributed by atoms with van der Waals surface area (Å²) < 4.78 is 3.14. The molecule has 0 bridgehead atoms. The average molecular weight is 325 g/mol. The van der Waals surface area contributed by atoms with Crippen LogP contribution in [0.15, 0.2) is 24.5 Å². The van der Waals surface area contributed by atoms with E-state index in [0.717, 1.165) is 13.0 Å². The molecule has 1 aromatic carbocycles. The lowest BCUT2D eigenvalue weighted by molar-refractivity contribution is 0.768. The first-order valence-corrected chi connectivity index (χ1v) is 6.37. The molecule has 0 atom stereocenters. The van der Waals surface area contributed by atoms with Crippen LogP contribution < -0.4 is 5.32 Å². The molecule has 2 heterocycles. The van der Waals surface area contributed by atoms with Gasteiger partial charge in [0.2, 0.25) is 0 Å². The highest BCUT2D eigenvalue weighted by molar-refractivity contribution is 14.1. The van der Waals surface area contributed by atoms with E-state index in [0.29, 0.717) is 0 Å². The number of aryl methyl sites for hydroxylation is 1. The third-order valence-corrected chi connectivity index (χ3v) is 3.76. The minimum absolute atomic E-state index is 1.06. The van der Waals surface area contributed by atoms with Crippen molar-refractivity contribution in [2.45, 2.75) is 6.42 Å². The Kier molecular flexibility index (Phi) is 2.38. The molecule has 0 spiro atoms. The quantitative estimate of drug-likeness (QED) is 0.817. The normalized spacial score (nSPS) is 13.6. The van der Waals surface area contributed by atoms with Crippen molar-refractivity contribution in [3.8, 4) is 11.1 Å². The molecule has 0 amide bonds. The van der Waals surface area contributed by atoms with E-state index in [-0.39, 0.29) is 0 Å². The summed E-state index contributed by atoms with van der Waals surface area (Å²) in [5.41, 5.74) is 5.19. The van der Waals surface area contributed by atoms with Gasteiger partial charge in [-0.25, -0.2) is 0 Å². The van der Waals surface area contributed by atoms with Crippen LogP contribution in [0.3, 0.4) is 0 Å². The van der Waals surface area contributed by atoms with Crippen LogP contribution in [-0.2, 0) is 13.5 Å². The molecule has 0 saturated heterocycles. The van der Waals surface area contributed by atoms with Crippen LogP contribution in [0.4, 0.5) is 5.69 Å². The van der Waals surface area contributed by atoms with Crippen molar-refractivity contribution in [1.82, 2.24) is 9.78 Å². The third-order valence-electron chi connectivity index (χ3n) is 2.91. The first kappa shape index (κ1) is 10.1. The molecule has 3 nitrogen and oxygen atoms in total. The van der Waals surface area contributed by atoms with Gasteiger partial charge in [-0.05, 0) is 52.3 Å². The number of hydrogen-bond donors (Lipinski definition) is 1. The van der Waals surface area contributed by atoms with E-state index in [1.165, 1.54) is 25.9 Å². The number of fused-ring (bicyclic) bond motifs is 1. The zero-order valence-corrected chi connectivity index (χ0v) is 11.2. The van der Waals surface area contributed by atoms with E-state index < -0.39 is 0 Å². The van der Waals surface area contributed by atoms with E-state index in [1.54, 1.807) is 0 Å². The molecule has 1 aliphatic rings. The number of halogens is 1. The SMILES string of the molecule is Cn1cc(-c2cc(I)c3c(c2)CCN3)cn1. The van der Waals surface area contributed by atoms with Gasteiger partial charge >= 0.3 is 0 Å². The molecule has 2 aromatic rings. The number of nitrogens with zero attached hydrogens (tertiary/aromatic N) is 2. The summed E-state index contributed by atoms with van der Waals surface area (Å²) >= 11 is 2.40. The second-order valence-electron chi connectivity index (χ2n) is 4.07. The fourth-order valence-electron chi connectivity index (χ4n) is 2.12. The van der Waals surface area contributed by atoms with Crippen LogP contribution in [0.5, 0.6) is 0 Å². The molecule has 0 saturated carbocycles. The molecule has 16 heavy (non-hydrogen) atoms. The number of aromatic nitrogens is 2. The second-order valence-corrected chi connectivity index (χ2v) is 5.23. The van der Waals surface area contributed by atoms with Gasteiger partial charge in [-0.2, -0.15) is 5.10 Å². The highest BCUT2D eigenvalue weighted by Gasteiger charge is 2.15. The molecule has 0 radical (unpaired) electrons. The van der Waals surface area contributed by atoms with Crippen LogP contribution in [0.1, 0.15) is 5.56 Å². The zero-order chi connectivity index (χ0) is 11.1. The Morgan fingerprint density at radius 2 is 2.25 bits per heavy atom. The van der Waals surface area contributed by atoms with Gasteiger partial charge in [0.25, 0.3) is 0 Å². The van der Waals surface area contributed by atoms with Gasteiger partial charge in [0.05, 0.1) is 11.9 Å². The number of hydrogen-bond acceptors (Lipinski definition) is 2. The molecule has 3 rings (SSSR count). The monoisotopic (exact) mass is 325 g/mol. The Balaban J connectivity index is 2.12. The van der Waals surface area contributed by atoms with Gasteiger partial charge in [-0.1, -0.05) is 0 Å². The van der Waals surface area contributed by atoms with Crippen LogP contribution in [0, 0.1) is 3.57 Å². The largest absolute Gasteiger partial charge is 0.384 e. The Morgan fingerprint density at radius 3 is 3.00 bits per heavy atom. The second kappa shape index (κ2) is 3.76. The topological polar surface area (TPSA) is 29.9 Å². The number of nitrogens with one attached hydrogen (secondary N) is 1. The van der Waals surface area contributed by atoms with Gasteiger partial charge in [0.15, 0.2) is 0 Å². The van der Waals surface area contributed by atoms with Crippen molar-refractivity contribution in [2.24, 2.45) is 7.05 Å². The predicted octanol–water partition coefficient (Wildman–Crippen LogP) is 2.66. The number of anilines is 1. The molecule has 4 heteroatoms. The zero-order valence-electron chi connectivity index (χ0n) is 9.00. The lowest BCUT2D eigenvalue weighted by atomic mass is 10.0. The van der Waals surface area contributed by atoms with E-state index in [2.05, 4.69) is 51.3 Å². The maximum Gasteiger partial charge on any atom is 0.0568 e. The Labute approximate surface area is 108 Å². The van der Waals surface area contributed by atoms with Gasteiger partial charge in [-0.3, -0.25) is 4.68 Å². The minimum atomic E-state index is 1.06.